The molecule has 0 aromatic heterocycles. The van der Waals surface area contributed by atoms with Crippen molar-refractivity contribution < 1.29 is 17.9 Å². The first-order valence-electron chi connectivity index (χ1n) is 38.4. The van der Waals surface area contributed by atoms with Crippen molar-refractivity contribution in [3.05, 3.63) is 290 Å². The van der Waals surface area contributed by atoms with E-state index in [0.717, 1.165) is 92.1 Å². The van der Waals surface area contributed by atoms with Gasteiger partial charge in [-0.2, -0.15) is 13.2 Å². The van der Waals surface area contributed by atoms with E-state index < -0.39 is 11.7 Å². The van der Waals surface area contributed by atoms with Crippen molar-refractivity contribution in [2.24, 2.45) is 17.8 Å². The van der Waals surface area contributed by atoms with E-state index in [4.69, 9.17) is 95.2 Å². The summed E-state index contributed by atoms with van der Waals surface area (Å²) in [4.78, 5) is 43.4. The van der Waals surface area contributed by atoms with Crippen LogP contribution in [0.1, 0.15) is 209 Å². The molecule has 0 radical (unpaired) electrons. The van der Waals surface area contributed by atoms with Gasteiger partial charge in [0.1, 0.15) is 5.75 Å². The van der Waals surface area contributed by atoms with E-state index in [0.29, 0.717) is 34.5 Å². The smallest absolute Gasteiger partial charge is 0.416 e. The lowest BCUT2D eigenvalue weighted by Crippen LogP contribution is -2.48. The first kappa shape index (κ1) is 101. The summed E-state index contributed by atoms with van der Waals surface area (Å²) in [6.45, 7) is 91.8. The van der Waals surface area contributed by atoms with Gasteiger partial charge in [0.15, 0.2) is 0 Å². The summed E-state index contributed by atoms with van der Waals surface area (Å²) in [6, 6.07) is 54.9. The maximum absolute atomic E-state index is 12.0. The van der Waals surface area contributed by atoms with E-state index in [1.165, 1.54) is 105 Å². The highest BCUT2D eigenvalue weighted by Gasteiger charge is 2.57. The highest BCUT2D eigenvalue weighted by atomic mass is 35.5. The quantitative estimate of drug-likeness (QED) is 0.173. The third kappa shape index (κ3) is 40.0. The minimum atomic E-state index is -4.30. The zero-order valence-corrected chi connectivity index (χ0v) is 71.2. The number of methoxy groups -OCH3 is 1. The van der Waals surface area contributed by atoms with Crippen LogP contribution < -0.4 is 4.74 Å². The van der Waals surface area contributed by atoms with Crippen LogP contribution in [0.5, 0.6) is 5.75 Å². The molecule has 5 fully saturated rings. The number of alkyl halides is 3. The summed E-state index contributed by atoms with van der Waals surface area (Å²) >= 11 is 5.59. The molecule has 8 aromatic carbocycles. The van der Waals surface area contributed by atoms with Crippen LogP contribution in [0.4, 0.5) is 58.7 Å². The van der Waals surface area contributed by atoms with E-state index >= 15 is 0 Å². The molecule has 0 amide bonds. The molecule has 5 saturated carbocycles. The van der Waals surface area contributed by atoms with Crippen LogP contribution in [0.2, 0.25) is 5.02 Å². The SMILES string of the molecule is C#[N+]C(C)(C)C.C#[N+]C(C)C.C#[N+]C12CC3CC(CC(C3)C1)C2.C#[N+]C1CCCCC1.C#[N+]c1c(C(C)C)cccc1C(C)C.C#[N+]c1c(C)cccc1C.C#[N+]c1ccc(C(F)(F)F)cc1.C#[N+]c1ccc(C)cc1.C#[N+]c1ccc(Cl)cc1.C#[N+]c1ccc(OC)cc1.C#[N+]c1ccccc1C.C#[N+]c1ccccc1C(C)C. The number of rotatable bonds is 4. The van der Waals surface area contributed by atoms with Crippen LogP contribution in [0.15, 0.2) is 182 Å². The molecular weight excluding hydrogens is 1450 g/mol. The molecule has 5 aliphatic rings. The third-order valence-electron chi connectivity index (χ3n) is 18.5. The lowest BCUT2D eigenvalue weighted by Gasteiger charge is -2.48. The number of halogens is 4. The zero-order chi connectivity index (χ0) is 86.7. The first-order chi connectivity index (χ1) is 54.5. The van der Waals surface area contributed by atoms with Gasteiger partial charge < -0.3 is 4.74 Å². The van der Waals surface area contributed by atoms with Gasteiger partial charge in [-0.25, -0.2) is 0 Å². The summed E-state index contributed by atoms with van der Waals surface area (Å²) in [6.07, 6.45) is 10.5. The van der Waals surface area contributed by atoms with Crippen molar-refractivity contribution in [2.75, 3.05) is 7.11 Å². The summed E-state index contributed by atoms with van der Waals surface area (Å²) in [5, 5.41) is 0.697. The van der Waals surface area contributed by atoms with E-state index in [1.54, 1.807) is 43.5 Å². The maximum atomic E-state index is 12.0. The summed E-state index contributed by atoms with van der Waals surface area (Å²) in [7, 11) is 1.62. The van der Waals surface area contributed by atoms with Crippen molar-refractivity contribution in [3.63, 3.8) is 0 Å². The number of aryl methyl sites for hydroxylation is 4. The van der Waals surface area contributed by atoms with Crippen LogP contribution in [-0.2, 0) is 6.18 Å². The average molecular weight is 1570 g/mol. The van der Waals surface area contributed by atoms with Crippen molar-refractivity contribution in [1.29, 1.82) is 0 Å². The molecule has 0 unspecified atom stereocenters. The van der Waals surface area contributed by atoms with Crippen molar-refractivity contribution in [3.8, 4) is 84.6 Å². The second kappa shape index (κ2) is 54.2. The Bertz CT molecular complexity index is 4650. The standard InChI is InChI=1S/C13H18N.C11H16N.C10H12N.C9H10N.C8H5F3N.C8H8NO.2C8H8N.C7H5ClN.C7H12N.C5H10N.C4H8N/c1-9(2)11-7-6-8-12(10(3)4)13(11)14-5;1-12-11-5-8-2-9(6-11)4-10(3-8)7-11;1-8(2)9-6-4-5-7-10(9)11-3;1-7-5-4-6-8(2)9(7)10-3;1-12-7-4-2-6(3-5-7)8(9,10)11;1-9-7-3-5-8(10-2)6-4-7;1-7-3-5-8(9-2)6-4-7;1-7-5-3-4-6-8(7)9-2;1-9-7-4-2-6(8)3-5-7;1-8-7-5-3-2-4-6-7;1-5(2,3)6-4;1-4(2)5-3/h5-10H,1-4H3;1,8-10H,2-7H2;3-8H,1-2H3;3-6H,1-2H3;1-5H;1,3-6H,2H3;2*2-6H,1H3;1-5H;1,7H,2-6H2;4H,1-3H3;3-4H,1-2H3/q12*+1. The van der Waals surface area contributed by atoms with Gasteiger partial charge in [0.2, 0.25) is 0 Å². The predicted octanol–water partition coefficient (Wildman–Crippen LogP) is 32.8. The number of nitrogens with zero attached hydrogens (tertiary/aromatic N) is 12. The predicted molar refractivity (Wildman–Crippen MR) is 489 cm³/mol. The van der Waals surface area contributed by atoms with Gasteiger partial charge in [0, 0.05) is 166 Å². The highest BCUT2D eigenvalue weighted by molar-refractivity contribution is 6.30. The van der Waals surface area contributed by atoms with E-state index in [-0.39, 0.29) is 17.1 Å². The highest BCUT2D eigenvalue weighted by Crippen LogP contribution is 2.57. The number of benzene rings is 8. The van der Waals surface area contributed by atoms with Gasteiger partial charge in [-0.3, -0.25) is 0 Å². The molecule has 594 valence electrons. The van der Waals surface area contributed by atoms with E-state index in [9.17, 15) is 13.2 Å². The van der Waals surface area contributed by atoms with E-state index in [1.807, 2.05) is 159 Å². The molecule has 0 heterocycles. The Morgan fingerprint density at radius 1 is 0.417 bits per heavy atom. The lowest BCUT2D eigenvalue weighted by atomic mass is 9.53. The molecule has 5 aliphatic carbocycles. The monoisotopic (exact) mass is 1570 g/mol. The third-order valence-corrected chi connectivity index (χ3v) is 18.7. The molecule has 8 aromatic rings. The summed E-state index contributed by atoms with van der Waals surface area (Å²) in [5.41, 5.74) is 14.0. The zero-order valence-electron chi connectivity index (χ0n) is 70.4. The van der Waals surface area contributed by atoms with Crippen molar-refractivity contribution in [1.82, 2.24) is 0 Å². The van der Waals surface area contributed by atoms with Crippen molar-refractivity contribution >= 4 is 57.1 Å². The second-order valence-electron chi connectivity index (χ2n) is 30.2. The number of para-hydroxylation sites is 4. The molecular formula is C98H120ClF3N12O+12. The summed E-state index contributed by atoms with van der Waals surface area (Å²) < 4.78 is 40.8. The number of hydrogen-bond acceptors (Lipinski definition) is 1. The van der Waals surface area contributed by atoms with Gasteiger partial charge in [0.05, 0.1) is 12.7 Å². The molecule has 17 heteroatoms. The van der Waals surface area contributed by atoms with Crippen LogP contribution in [0, 0.1) is 124 Å². The fraction of sp³-hybridized carbons (Fsp3) is 0.388. The Kier molecular flexibility index (Phi) is 47.4. The van der Waals surface area contributed by atoms with Gasteiger partial charge in [-0.05, 0) is 170 Å². The van der Waals surface area contributed by atoms with Crippen LogP contribution in [0.3, 0.4) is 0 Å². The molecule has 13 rings (SSSR count). The van der Waals surface area contributed by atoms with Crippen LogP contribution in [0.25, 0.3) is 58.1 Å². The van der Waals surface area contributed by atoms with Gasteiger partial charge >= 0.3 is 51.7 Å². The van der Waals surface area contributed by atoms with Crippen LogP contribution in [-0.4, -0.2) is 30.3 Å². The Hall–Kier alpha value is -12.5. The molecule has 0 atom stereocenters. The molecule has 0 aliphatic heterocycles. The van der Waals surface area contributed by atoms with Gasteiger partial charge in [-0.1, -0.05) is 169 Å². The maximum Gasteiger partial charge on any atom is 0.416 e. The summed E-state index contributed by atoms with van der Waals surface area (Å²) in [5.74, 6) is 5.16. The lowest BCUT2D eigenvalue weighted by molar-refractivity contribution is -0.137. The molecule has 0 N–H and O–H groups in total. The normalized spacial score (nSPS) is 15.0. The molecule has 13 nitrogen and oxygen atoms in total. The Morgan fingerprint density at radius 3 is 1.08 bits per heavy atom. The average Bonchev–Trinajstić information content (AvgIpc) is 0.754. The Labute approximate surface area is 691 Å². The Balaban J connectivity index is 0.000000632. The minimum absolute atomic E-state index is 0.0556. The largest absolute Gasteiger partial charge is 0.497 e. The molecule has 0 saturated heterocycles. The molecule has 0 spiro atoms. The van der Waals surface area contributed by atoms with Gasteiger partial charge in [0.25, 0.3) is 102 Å². The first-order valence-corrected chi connectivity index (χ1v) is 38.8. The molecule has 4 bridgehead atoms. The van der Waals surface area contributed by atoms with Crippen molar-refractivity contribution in [2.45, 2.75) is 222 Å². The topological polar surface area (TPSA) is 61.5 Å². The van der Waals surface area contributed by atoms with E-state index in [2.05, 4.69) is 124 Å². The fourth-order valence-corrected chi connectivity index (χ4v) is 12.6. The van der Waals surface area contributed by atoms with Gasteiger partial charge in [-0.15, -0.1) is 0 Å². The Morgan fingerprint density at radius 2 is 0.774 bits per heavy atom. The fourth-order valence-electron chi connectivity index (χ4n) is 12.5. The second-order valence-corrected chi connectivity index (χ2v) is 30.6. The number of hydrogen-bond donors (Lipinski definition) is 0. The van der Waals surface area contributed by atoms with Crippen LogP contribution >= 0.6 is 11.6 Å². The molecule has 115 heavy (non-hydrogen) atoms. The number of ether oxygens (including phenoxy) is 1. The minimum Gasteiger partial charge on any atom is -0.497 e.